The topological polar surface area (TPSA) is 75.3 Å². The van der Waals surface area contributed by atoms with Gasteiger partial charge in [0, 0.05) is 23.7 Å². The van der Waals surface area contributed by atoms with Crippen LogP contribution < -0.4 is 10.0 Å². The van der Waals surface area contributed by atoms with Gasteiger partial charge in [-0.3, -0.25) is 4.79 Å². The molecule has 1 aliphatic rings. The van der Waals surface area contributed by atoms with E-state index in [2.05, 4.69) is 10.0 Å². The molecule has 0 heterocycles. The van der Waals surface area contributed by atoms with Crippen LogP contribution in [0.3, 0.4) is 0 Å². The molecule has 7 heteroatoms. The third-order valence-corrected chi connectivity index (χ3v) is 5.80. The highest BCUT2D eigenvalue weighted by Crippen LogP contribution is 2.42. The van der Waals surface area contributed by atoms with Crippen molar-refractivity contribution < 1.29 is 13.2 Å². The van der Waals surface area contributed by atoms with E-state index in [-0.39, 0.29) is 16.8 Å². The molecule has 2 aromatic carbocycles. The second-order valence-corrected chi connectivity index (χ2v) is 8.34. The highest BCUT2D eigenvalue weighted by molar-refractivity contribution is 7.89. The molecule has 0 radical (unpaired) electrons. The van der Waals surface area contributed by atoms with Crippen molar-refractivity contribution in [1.82, 2.24) is 4.72 Å². The third kappa shape index (κ3) is 4.60. The van der Waals surface area contributed by atoms with Crippen molar-refractivity contribution >= 4 is 33.2 Å². The monoisotopic (exact) mass is 378 g/mol. The van der Waals surface area contributed by atoms with Crippen LogP contribution in [0.4, 0.5) is 5.69 Å². The van der Waals surface area contributed by atoms with E-state index < -0.39 is 10.0 Å². The number of halogens is 1. The summed E-state index contributed by atoms with van der Waals surface area (Å²) in [5, 5.41) is 3.24. The van der Waals surface area contributed by atoms with Crippen LogP contribution in [-0.2, 0) is 14.8 Å². The van der Waals surface area contributed by atoms with Crippen molar-refractivity contribution in [1.29, 1.82) is 0 Å². The number of anilines is 1. The van der Waals surface area contributed by atoms with Crippen LogP contribution in [-0.4, -0.2) is 14.3 Å². The third-order valence-electron chi connectivity index (χ3n) is 4.09. The summed E-state index contributed by atoms with van der Waals surface area (Å²) in [7, 11) is -3.66. The second-order valence-electron chi connectivity index (χ2n) is 6.19. The maximum Gasteiger partial charge on any atom is 0.241 e. The van der Waals surface area contributed by atoms with Gasteiger partial charge in [0.2, 0.25) is 15.9 Å². The van der Waals surface area contributed by atoms with Crippen molar-refractivity contribution in [3.05, 3.63) is 59.1 Å². The summed E-state index contributed by atoms with van der Waals surface area (Å²) >= 11 is 5.92. The number of nitrogens with one attached hydrogen (secondary N) is 2. The zero-order valence-electron chi connectivity index (χ0n) is 13.7. The minimum absolute atomic E-state index is 0.168. The summed E-state index contributed by atoms with van der Waals surface area (Å²) < 4.78 is 28.3. The predicted molar refractivity (Wildman–Crippen MR) is 98.0 cm³/mol. The normalized spacial score (nSPS) is 15.6. The number of carbonyl (C=O) groups excluding carboxylic acids is 1. The summed E-state index contributed by atoms with van der Waals surface area (Å²) in [5.41, 5.74) is 1.47. The fourth-order valence-electron chi connectivity index (χ4n) is 2.69. The largest absolute Gasteiger partial charge is 0.326 e. The molecular formula is C18H19ClN2O3S. The lowest BCUT2D eigenvalue weighted by molar-refractivity contribution is -0.114. The number of carbonyl (C=O) groups is 1. The first kappa shape index (κ1) is 17.9. The fraction of sp³-hybridized carbons (Fsp3) is 0.278. The van der Waals surface area contributed by atoms with Crippen molar-refractivity contribution in [3.8, 4) is 0 Å². The summed E-state index contributed by atoms with van der Waals surface area (Å²) in [6, 6.07) is 13.1. The average Bonchev–Trinajstić information content (AvgIpc) is 3.38. The van der Waals surface area contributed by atoms with E-state index in [0.29, 0.717) is 16.6 Å². The maximum atomic E-state index is 12.7. The van der Waals surface area contributed by atoms with Crippen LogP contribution in [0.1, 0.15) is 31.4 Å². The first-order valence-electron chi connectivity index (χ1n) is 8.00. The van der Waals surface area contributed by atoms with Gasteiger partial charge in [0.25, 0.3) is 0 Å². The van der Waals surface area contributed by atoms with Crippen LogP contribution >= 0.6 is 11.6 Å². The highest BCUT2D eigenvalue weighted by Gasteiger charge is 2.35. The zero-order valence-corrected chi connectivity index (χ0v) is 15.3. The second kappa shape index (κ2) is 7.15. The molecule has 0 aromatic heterocycles. The van der Waals surface area contributed by atoms with E-state index in [0.717, 1.165) is 18.4 Å². The minimum Gasteiger partial charge on any atom is -0.326 e. The molecule has 0 saturated heterocycles. The number of rotatable bonds is 6. The average molecular weight is 379 g/mol. The fourth-order valence-corrected chi connectivity index (χ4v) is 4.11. The first-order valence-corrected chi connectivity index (χ1v) is 9.87. The van der Waals surface area contributed by atoms with E-state index in [1.165, 1.54) is 19.1 Å². The van der Waals surface area contributed by atoms with Gasteiger partial charge in [-0.25, -0.2) is 13.1 Å². The Hall–Kier alpha value is -1.89. The van der Waals surface area contributed by atoms with Crippen molar-refractivity contribution in [2.75, 3.05) is 5.32 Å². The van der Waals surface area contributed by atoms with Gasteiger partial charge in [-0.15, -0.1) is 0 Å². The summed E-state index contributed by atoms with van der Waals surface area (Å²) in [6.07, 6.45) is 1.99. The van der Waals surface area contributed by atoms with Gasteiger partial charge in [0.15, 0.2) is 0 Å². The Bertz CT molecular complexity index is 860. The highest BCUT2D eigenvalue weighted by atomic mass is 35.5. The molecule has 1 amide bonds. The summed E-state index contributed by atoms with van der Waals surface area (Å²) in [6.45, 7) is 1.40. The van der Waals surface area contributed by atoms with Gasteiger partial charge in [-0.05, 0) is 60.7 Å². The molecule has 132 valence electrons. The summed E-state index contributed by atoms with van der Waals surface area (Å²) in [4.78, 5) is 11.2. The predicted octanol–water partition coefficient (Wildman–Crippen LogP) is 3.73. The maximum absolute atomic E-state index is 12.7. The van der Waals surface area contributed by atoms with E-state index in [9.17, 15) is 13.2 Å². The molecule has 0 spiro atoms. The molecule has 3 rings (SSSR count). The van der Waals surface area contributed by atoms with E-state index in [1.807, 2.05) is 12.1 Å². The Morgan fingerprint density at radius 3 is 2.20 bits per heavy atom. The number of benzene rings is 2. The van der Waals surface area contributed by atoms with Crippen LogP contribution in [0.25, 0.3) is 0 Å². The van der Waals surface area contributed by atoms with Gasteiger partial charge < -0.3 is 5.32 Å². The van der Waals surface area contributed by atoms with Crippen LogP contribution in [0, 0.1) is 5.92 Å². The molecule has 1 aliphatic carbocycles. The van der Waals surface area contributed by atoms with E-state index in [4.69, 9.17) is 11.6 Å². The molecule has 1 fully saturated rings. The summed E-state index contributed by atoms with van der Waals surface area (Å²) in [5.74, 6) is 0.0971. The van der Waals surface area contributed by atoms with Crippen molar-refractivity contribution in [2.24, 2.45) is 5.92 Å². The van der Waals surface area contributed by atoms with Gasteiger partial charge in [0.1, 0.15) is 0 Å². The van der Waals surface area contributed by atoms with Crippen molar-refractivity contribution in [3.63, 3.8) is 0 Å². The number of hydrogen-bond acceptors (Lipinski definition) is 3. The van der Waals surface area contributed by atoms with Gasteiger partial charge in [0.05, 0.1) is 4.90 Å². The minimum atomic E-state index is -3.66. The molecule has 1 unspecified atom stereocenters. The van der Waals surface area contributed by atoms with Gasteiger partial charge in [-0.1, -0.05) is 23.7 Å². The molecule has 1 atom stereocenters. The quantitative estimate of drug-likeness (QED) is 0.804. The number of hydrogen-bond donors (Lipinski definition) is 2. The lowest BCUT2D eigenvalue weighted by atomic mass is 10.0. The Kier molecular flexibility index (Phi) is 5.13. The Morgan fingerprint density at radius 2 is 1.68 bits per heavy atom. The van der Waals surface area contributed by atoms with E-state index in [1.54, 1.807) is 24.3 Å². The molecule has 2 N–H and O–H groups in total. The van der Waals surface area contributed by atoms with Crippen molar-refractivity contribution in [2.45, 2.75) is 30.7 Å². The van der Waals surface area contributed by atoms with Gasteiger partial charge >= 0.3 is 0 Å². The Morgan fingerprint density at radius 1 is 1.08 bits per heavy atom. The lowest BCUT2D eigenvalue weighted by Crippen LogP contribution is -2.30. The molecular weight excluding hydrogens is 360 g/mol. The smallest absolute Gasteiger partial charge is 0.241 e. The molecule has 5 nitrogen and oxygen atoms in total. The molecule has 0 bridgehead atoms. The molecule has 1 saturated carbocycles. The van der Waals surface area contributed by atoms with Crippen LogP contribution in [0.2, 0.25) is 5.02 Å². The molecule has 25 heavy (non-hydrogen) atoms. The first-order chi connectivity index (χ1) is 11.8. The number of sulfonamides is 1. The van der Waals surface area contributed by atoms with Crippen LogP contribution in [0.5, 0.6) is 0 Å². The van der Waals surface area contributed by atoms with Gasteiger partial charge in [-0.2, -0.15) is 0 Å². The lowest BCUT2D eigenvalue weighted by Gasteiger charge is -2.19. The zero-order chi connectivity index (χ0) is 18.0. The number of amides is 1. The van der Waals surface area contributed by atoms with E-state index >= 15 is 0 Å². The SMILES string of the molecule is CC(=O)Nc1ccc(S(=O)(=O)NC(c2ccc(Cl)cc2)C2CC2)cc1. The Balaban J connectivity index is 1.81. The molecule has 0 aliphatic heterocycles. The Labute approximate surface area is 152 Å². The standard InChI is InChI=1S/C18H19ClN2O3S/c1-12(22)20-16-8-10-17(11-9-16)25(23,24)21-18(13-2-3-13)14-4-6-15(19)7-5-14/h4-11,13,18,21H,2-3H2,1H3,(H,20,22). The van der Waals surface area contributed by atoms with Crippen LogP contribution in [0.15, 0.2) is 53.4 Å². The molecule has 2 aromatic rings.